The molecule has 3 heteroatoms. The quantitative estimate of drug-likeness (QED) is 0.229. The molecule has 0 saturated heterocycles. The number of unbranched alkanes of at least 4 members (excludes halogenated alkanes) is 9. The third-order valence-corrected chi connectivity index (χ3v) is 7.25. The number of aromatic nitrogens is 2. The lowest BCUT2D eigenvalue weighted by Gasteiger charge is -2.18. The maximum absolute atomic E-state index is 4.23. The molecule has 30 heavy (non-hydrogen) atoms. The fourth-order valence-corrected chi connectivity index (χ4v) is 5.34. The molecule has 0 spiro atoms. The maximum Gasteiger partial charge on any atom is 0.0946 e. The Morgan fingerprint density at radius 1 is 0.833 bits per heavy atom. The van der Waals surface area contributed by atoms with E-state index in [-0.39, 0.29) is 0 Å². The highest BCUT2D eigenvalue weighted by Gasteiger charge is 2.13. The first-order valence-electron chi connectivity index (χ1n) is 11.9. The Morgan fingerprint density at radius 3 is 2.23 bits per heavy atom. The molecule has 0 aliphatic heterocycles. The highest BCUT2D eigenvalue weighted by Crippen LogP contribution is 2.33. The molecule has 2 nitrogen and oxygen atoms in total. The van der Waals surface area contributed by atoms with Crippen molar-refractivity contribution in [3.63, 3.8) is 0 Å². The standard InChI is InChI=1S/C27H38N2S/c1-2-3-4-5-6-7-8-9-10-13-20-30-27(22-29-19-18-28-23-29)26-17-16-24-14-11-12-15-25(24)21-26/h11-12,14-19,21,23,27H,2-10,13,20,22H2,1H3. The molecule has 1 unspecified atom stereocenters. The van der Waals surface area contributed by atoms with Crippen LogP contribution in [0.4, 0.5) is 0 Å². The lowest BCUT2D eigenvalue weighted by atomic mass is 10.0. The Balaban J connectivity index is 1.43. The first kappa shape index (κ1) is 22.9. The highest BCUT2D eigenvalue weighted by molar-refractivity contribution is 7.99. The second kappa shape index (κ2) is 13.5. The van der Waals surface area contributed by atoms with Crippen molar-refractivity contribution in [3.8, 4) is 0 Å². The largest absolute Gasteiger partial charge is 0.336 e. The summed E-state index contributed by atoms with van der Waals surface area (Å²) >= 11 is 2.11. The Labute approximate surface area is 187 Å². The van der Waals surface area contributed by atoms with E-state index in [2.05, 4.69) is 76.9 Å². The van der Waals surface area contributed by atoms with Gasteiger partial charge in [-0.3, -0.25) is 0 Å². The number of fused-ring (bicyclic) bond motifs is 1. The summed E-state index contributed by atoms with van der Waals surface area (Å²) in [6.07, 6.45) is 19.9. The van der Waals surface area contributed by atoms with Crippen molar-refractivity contribution < 1.29 is 0 Å². The monoisotopic (exact) mass is 422 g/mol. The molecule has 0 radical (unpaired) electrons. The lowest BCUT2D eigenvalue weighted by Crippen LogP contribution is -2.06. The molecular formula is C27H38N2S. The molecule has 3 rings (SSSR count). The topological polar surface area (TPSA) is 17.8 Å². The predicted molar refractivity (Wildman–Crippen MR) is 133 cm³/mol. The molecule has 1 heterocycles. The van der Waals surface area contributed by atoms with Gasteiger partial charge in [0.1, 0.15) is 0 Å². The summed E-state index contributed by atoms with van der Waals surface area (Å²) in [4.78, 5) is 4.23. The van der Waals surface area contributed by atoms with Crippen LogP contribution < -0.4 is 0 Å². The van der Waals surface area contributed by atoms with Gasteiger partial charge >= 0.3 is 0 Å². The summed E-state index contributed by atoms with van der Waals surface area (Å²) in [5, 5.41) is 3.13. The average Bonchev–Trinajstić information content (AvgIpc) is 3.29. The van der Waals surface area contributed by atoms with Gasteiger partial charge in [0.2, 0.25) is 0 Å². The van der Waals surface area contributed by atoms with Crippen molar-refractivity contribution in [2.75, 3.05) is 5.75 Å². The fourth-order valence-electron chi connectivity index (χ4n) is 4.06. The number of benzene rings is 2. The third-order valence-electron chi connectivity index (χ3n) is 5.90. The molecule has 0 saturated carbocycles. The Bertz CT molecular complexity index is 828. The fraction of sp³-hybridized carbons (Fsp3) is 0.519. The molecular weight excluding hydrogens is 384 g/mol. The van der Waals surface area contributed by atoms with Crippen molar-refractivity contribution in [2.24, 2.45) is 0 Å². The molecule has 1 aromatic heterocycles. The summed E-state index contributed by atoms with van der Waals surface area (Å²) in [6, 6.07) is 15.6. The van der Waals surface area contributed by atoms with Crippen molar-refractivity contribution in [3.05, 3.63) is 66.7 Å². The molecule has 2 aromatic carbocycles. The van der Waals surface area contributed by atoms with E-state index in [1.807, 2.05) is 12.5 Å². The Kier molecular flexibility index (Phi) is 10.4. The number of imidazole rings is 1. The average molecular weight is 423 g/mol. The third kappa shape index (κ3) is 7.83. The van der Waals surface area contributed by atoms with Gasteiger partial charge in [0, 0.05) is 24.2 Å². The summed E-state index contributed by atoms with van der Waals surface area (Å²) in [5.41, 5.74) is 1.43. The summed E-state index contributed by atoms with van der Waals surface area (Å²) in [6.45, 7) is 3.28. The zero-order valence-corrected chi connectivity index (χ0v) is 19.5. The normalized spacial score (nSPS) is 12.4. The molecule has 0 bridgehead atoms. The number of hydrogen-bond acceptors (Lipinski definition) is 2. The Morgan fingerprint density at radius 2 is 1.53 bits per heavy atom. The first-order valence-corrected chi connectivity index (χ1v) is 13.0. The van der Waals surface area contributed by atoms with Crippen LogP contribution in [0.3, 0.4) is 0 Å². The smallest absolute Gasteiger partial charge is 0.0946 e. The molecule has 0 aliphatic rings. The molecule has 3 aromatic rings. The first-order chi connectivity index (χ1) is 14.9. The van der Waals surface area contributed by atoms with E-state index < -0.39 is 0 Å². The number of rotatable bonds is 15. The van der Waals surface area contributed by atoms with E-state index in [0.29, 0.717) is 5.25 Å². The van der Waals surface area contributed by atoms with E-state index >= 15 is 0 Å². The van der Waals surface area contributed by atoms with Gasteiger partial charge in [-0.1, -0.05) is 101 Å². The van der Waals surface area contributed by atoms with Gasteiger partial charge in [-0.05, 0) is 34.6 Å². The van der Waals surface area contributed by atoms with Crippen LogP contribution in [-0.4, -0.2) is 15.3 Å². The van der Waals surface area contributed by atoms with Crippen LogP contribution in [0.2, 0.25) is 0 Å². The zero-order chi connectivity index (χ0) is 20.9. The van der Waals surface area contributed by atoms with E-state index in [1.54, 1.807) is 0 Å². The maximum atomic E-state index is 4.23. The van der Waals surface area contributed by atoms with Crippen molar-refractivity contribution in [1.82, 2.24) is 9.55 Å². The molecule has 0 N–H and O–H groups in total. The summed E-state index contributed by atoms with van der Waals surface area (Å²) < 4.78 is 2.21. The van der Waals surface area contributed by atoms with Gasteiger partial charge in [-0.15, -0.1) is 0 Å². The van der Waals surface area contributed by atoms with Gasteiger partial charge < -0.3 is 4.57 Å². The minimum absolute atomic E-state index is 0.474. The van der Waals surface area contributed by atoms with Crippen LogP contribution in [0.1, 0.15) is 81.9 Å². The second-order valence-electron chi connectivity index (χ2n) is 8.41. The van der Waals surface area contributed by atoms with Crippen molar-refractivity contribution in [1.29, 1.82) is 0 Å². The summed E-state index contributed by atoms with van der Waals surface area (Å²) in [7, 11) is 0. The van der Waals surface area contributed by atoms with Crippen LogP contribution in [0.25, 0.3) is 10.8 Å². The van der Waals surface area contributed by atoms with Gasteiger partial charge in [-0.2, -0.15) is 11.8 Å². The number of nitrogens with zero attached hydrogens (tertiary/aromatic N) is 2. The van der Waals surface area contributed by atoms with Crippen LogP contribution in [0.15, 0.2) is 61.2 Å². The van der Waals surface area contributed by atoms with Crippen LogP contribution in [0.5, 0.6) is 0 Å². The molecule has 0 fully saturated rings. The van der Waals surface area contributed by atoms with Crippen molar-refractivity contribution >= 4 is 22.5 Å². The van der Waals surface area contributed by atoms with E-state index in [0.717, 1.165) is 6.54 Å². The van der Waals surface area contributed by atoms with Gasteiger partial charge in [-0.25, -0.2) is 4.98 Å². The minimum atomic E-state index is 0.474. The summed E-state index contributed by atoms with van der Waals surface area (Å²) in [5.74, 6) is 1.24. The van der Waals surface area contributed by atoms with Gasteiger partial charge in [0.05, 0.1) is 6.33 Å². The van der Waals surface area contributed by atoms with Gasteiger partial charge in [0.25, 0.3) is 0 Å². The Hall–Kier alpha value is -1.74. The van der Waals surface area contributed by atoms with Crippen LogP contribution in [0, 0.1) is 0 Å². The predicted octanol–water partition coefficient (Wildman–Crippen LogP) is 8.43. The molecule has 0 aliphatic carbocycles. The van der Waals surface area contributed by atoms with E-state index in [1.165, 1.54) is 86.3 Å². The number of hydrogen-bond donors (Lipinski definition) is 0. The highest BCUT2D eigenvalue weighted by atomic mass is 32.2. The van der Waals surface area contributed by atoms with Gasteiger partial charge in [0.15, 0.2) is 0 Å². The minimum Gasteiger partial charge on any atom is -0.336 e. The lowest BCUT2D eigenvalue weighted by molar-refractivity contribution is 0.563. The van der Waals surface area contributed by atoms with Crippen LogP contribution >= 0.6 is 11.8 Å². The van der Waals surface area contributed by atoms with E-state index in [9.17, 15) is 0 Å². The zero-order valence-electron chi connectivity index (χ0n) is 18.6. The van der Waals surface area contributed by atoms with Crippen LogP contribution in [-0.2, 0) is 6.54 Å². The molecule has 162 valence electrons. The molecule has 0 amide bonds. The number of thioether (sulfide) groups is 1. The molecule has 1 atom stereocenters. The van der Waals surface area contributed by atoms with E-state index in [4.69, 9.17) is 0 Å². The van der Waals surface area contributed by atoms with Crippen molar-refractivity contribution in [2.45, 2.75) is 82.9 Å². The SMILES string of the molecule is CCCCCCCCCCCCSC(Cn1ccnc1)c1ccc2ccccc2c1. The second-order valence-corrected chi connectivity index (χ2v) is 9.72.